The van der Waals surface area contributed by atoms with E-state index in [9.17, 15) is 4.79 Å². The molecule has 2 aromatic rings. The Labute approximate surface area is 73.9 Å². The van der Waals surface area contributed by atoms with E-state index in [0.29, 0.717) is 3.44 Å². The Bertz CT molecular complexity index is 431. The zero-order valence-corrected chi connectivity index (χ0v) is 8.11. The van der Waals surface area contributed by atoms with Crippen LogP contribution in [0.1, 0.15) is 0 Å². The molecule has 0 aliphatic carbocycles. The SMILES string of the molecule is O=c1ccc2ccccc2[te]1. The standard InChI is InChI=1S/C9H6OTe/c10-9-6-5-7-3-1-2-4-8(7)11-9/h1-6H. The summed E-state index contributed by atoms with van der Waals surface area (Å²) < 4.78 is 1.60. The number of rotatable bonds is 0. The van der Waals surface area contributed by atoms with Crippen LogP contribution in [0.25, 0.3) is 8.79 Å². The van der Waals surface area contributed by atoms with E-state index in [0.717, 1.165) is 0 Å². The molecule has 1 aromatic heterocycles. The molecule has 2 rings (SSSR count). The van der Waals surface area contributed by atoms with Gasteiger partial charge in [0.15, 0.2) is 0 Å². The van der Waals surface area contributed by atoms with Gasteiger partial charge in [-0.1, -0.05) is 0 Å². The second-order valence-corrected chi connectivity index (χ2v) is 5.28. The molecule has 1 heterocycles. The molecule has 0 aliphatic heterocycles. The van der Waals surface area contributed by atoms with Crippen molar-refractivity contribution in [2.45, 2.75) is 0 Å². The third kappa shape index (κ3) is 1.38. The molecule has 0 spiro atoms. The summed E-state index contributed by atoms with van der Waals surface area (Å²) in [5.74, 6) is 0. The summed E-state index contributed by atoms with van der Waals surface area (Å²) in [7, 11) is 0. The summed E-state index contributed by atoms with van der Waals surface area (Å²) >= 11 is -0.567. The minimum absolute atomic E-state index is 0.328. The van der Waals surface area contributed by atoms with Gasteiger partial charge in [-0.2, -0.15) is 0 Å². The van der Waals surface area contributed by atoms with Crippen molar-refractivity contribution in [2.75, 3.05) is 0 Å². The van der Waals surface area contributed by atoms with Crippen molar-refractivity contribution in [3.05, 3.63) is 44.6 Å². The van der Waals surface area contributed by atoms with Gasteiger partial charge >= 0.3 is 73.9 Å². The number of hydrogen-bond donors (Lipinski definition) is 0. The van der Waals surface area contributed by atoms with Crippen molar-refractivity contribution < 1.29 is 0 Å². The van der Waals surface area contributed by atoms with Gasteiger partial charge in [0.2, 0.25) is 0 Å². The van der Waals surface area contributed by atoms with E-state index in [1.54, 1.807) is 6.07 Å². The molecule has 54 valence electrons. The van der Waals surface area contributed by atoms with Crippen LogP contribution in [0, 0.1) is 0 Å². The van der Waals surface area contributed by atoms with Crippen LogP contribution >= 0.6 is 0 Å². The maximum absolute atomic E-state index is 11.0. The number of benzene rings is 1. The average Bonchev–Trinajstić information content (AvgIpc) is 2.04. The molecule has 11 heavy (non-hydrogen) atoms. The van der Waals surface area contributed by atoms with Gasteiger partial charge in [0.1, 0.15) is 0 Å². The molecule has 0 aliphatic rings. The second-order valence-electron chi connectivity index (χ2n) is 2.29. The molecule has 2 heteroatoms. The van der Waals surface area contributed by atoms with Crippen molar-refractivity contribution in [1.82, 2.24) is 0 Å². The van der Waals surface area contributed by atoms with Crippen molar-refractivity contribution >= 4 is 29.2 Å². The molecule has 1 aromatic carbocycles. The predicted molar refractivity (Wildman–Crippen MR) is 47.2 cm³/mol. The summed E-state index contributed by atoms with van der Waals surface area (Å²) in [6.07, 6.45) is 0. The monoisotopic (exact) mass is 260 g/mol. The summed E-state index contributed by atoms with van der Waals surface area (Å²) in [5, 5.41) is 1.23. The fourth-order valence-electron chi connectivity index (χ4n) is 1.01. The van der Waals surface area contributed by atoms with E-state index in [1.165, 1.54) is 8.79 Å². The van der Waals surface area contributed by atoms with Crippen LogP contribution in [0.3, 0.4) is 0 Å². The maximum atomic E-state index is 11.0. The van der Waals surface area contributed by atoms with Gasteiger partial charge in [-0.25, -0.2) is 0 Å². The molecule has 0 bridgehead atoms. The Balaban J connectivity index is 2.94. The molecular formula is C9H6OTe. The summed E-state index contributed by atoms with van der Waals surface area (Å²) in [6, 6.07) is 11.7. The van der Waals surface area contributed by atoms with Crippen LogP contribution in [0.2, 0.25) is 0 Å². The first-order valence-electron chi connectivity index (χ1n) is 3.35. The van der Waals surface area contributed by atoms with Gasteiger partial charge in [0.25, 0.3) is 0 Å². The number of fused-ring (bicyclic) bond motifs is 1. The van der Waals surface area contributed by atoms with Gasteiger partial charge < -0.3 is 0 Å². The topological polar surface area (TPSA) is 17.1 Å². The molecular weight excluding hydrogens is 252 g/mol. The van der Waals surface area contributed by atoms with Crippen LogP contribution < -0.4 is 3.44 Å². The molecule has 1 nitrogen and oxygen atoms in total. The molecule has 0 fully saturated rings. The first kappa shape index (κ1) is 7.09. The third-order valence-electron chi connectivity index (χ3n) is 1.53. The minimum atomic E-state index is -0.567. The molecule has 0 atom stereocenters. The van der Waals surface area contributed by atoms with Crippen LogP contribution in [0.5, 0.6) is 0 Å². The van der Waals surface area contributed by atoms with Gasteiger partial charge in [0, 0.05) is 0 Å². The van der Waals surface area contributed by atoms with Crippen molar-refractivity contribution in [3.8, 4) is 0 Å². The van der Waals surface area contributed by atoms with E-state index < -0.39 is 20.4 Å². The van der Waals surface area contributed by atoms with E-state index in [-0.39, 0.29) is 0 Å². The van der Waals surface area contributed by atoms with Gasteiger partial charge in [-0.3, -0.25) is 0 Å². The summed E-state index contributed by atoms with van der Waals surface area (Å²) in [4.78, 5) is 11.0. The average molecular weight is 258 g/mol. The summed E-state index contributed by atoms with van der Waals surface area (Å²) in [5.41, 5.74) is 0. The zero-order valence-electron chi connectivity index (χ0n) is 5.78. The first-order chi connectivity index (χ1) is 5.36. The van der Waals surface area contributed by atoms with Crippen molar-refractivity contribution in [2.24, 2.45) is 0 Å². The second kappa shape index (κ2) is 2.81. The third-order valence-corrected chi connectivity index (χ3v) is 4.18. The number of hydrogen-bond acceptors (Lipinski definition) is 1. The molecule has 0 unspecified atom stereocenters. The first-order valence-corrected chi connectivity index (χ1v) is 5.68. The van der Waals surface area contributed by atoms with E-state index >= 15 is 0 Å². The Morgan fingerprint density at radius 3 is 2.73 bits per heavy atom. The molecule has 0 radical (unpaired) electrons. The van der Waals surface area contributed by atoms with E-state index in [4.69, 9.17) is 0 Å². The van der Waals surface area contributed by atoms with Crippen LogP contribution in [-0.4, -0.2) is 20.4 Å². The summed E-state index contributed by atoms with van der Waals surface area (Å²) in [6.45, 7) is 0. The van der Waals surface area contributed by atoms with Crippen molar-refractivity contribution in [1.29, 1.82) is 0 Å². The molecule has 0 N–H and O–H groups in total. The van der Waals surface area contributed by atoms with Crippen LogP contribution in [0.4, 0.5) is 0 Å². The van der Waals surface area contributed by atoms with E-state index in [1.807, 2.05) is 18.2 Å². The Kier molecular flexibility index (Phi) is 1.81. The Morgan fingerprint density at radius 1 is 1.00 bits per heavy atom. The zero-order chi connectivity index (χ0) is 7.68. The van der Waals surface area contributed by atoms with E-state index in [2.05, 4.69) is 12.1 Å². The fourth-order valence-corrected chi connectivity index (χ4v) is 3.16. The quantitative estimate of drug-likeness (QED) is 0.650. The normalized spacial score (nSPS) is 10.2. The Hall–Kier alpha value is -0.580. The van der Waals surface area contributed by atoms with Crippen molar-refractivity contribution in [3.63, 3.8) is 0 Å². The Morgan fingerprint density at radius 2 is 1.82 bits per heavy atom. The molecule has 0 saturated carbocycles. The van der Waals surface area contributed by atoms with Crippen LogP contribution in [-0.2, 0) is 0 Å². The molecule has 0 saturated heterocycles. The van der Waals surface area contributed by atoms with Gasteiger partial charge in [-0.05, 0) is 0 Å². The molecule has 0 amide bonds. The van der Waals surface area contributed by atoms with Gasteiger partial charge in [-0.15, -0.1) is 0 Å². The van der Waals surface area contributed by atoms with Gasteiger partial charge in [0.05, 0.1) is 0 Å². The van der Waals surface area contributed by atoms with Crippen LogP contribution in [0.15, 0.2) is 41.2 Å². The predicted octanol–water partition coefficient (Wildman–Crippen LogP) is 1.26. The fraction of sp³-hybridized carbons (Fsp3) is 0.